The Morgan fingerprint density at radius 2 is 1.59 bits per heavy atom. The van der Waals surface area contributed by atoms with E-state index < -0.39 is 17.6 Å². The maximum atomic E-state index is 13.7. The van der Waals surface area contributed by atoms with Crippen molar-refractivity contribution in [3.8, 4) is 17.4 Å². The summed E-state index contributed by atoms with van der Waals surface area (Å²) >= 11 is 0.912. The van der Waals surface area contributed by atoms with Crippen molar-refractivity contribution in [3.05, 3.63) is 59.3 Å². The zero-order valence-electron chi connectivity index (χ0n) is 14.8. The molecule has 2 heterocycles. The van der Waals surface area contributed by atoms with Crippen molar-refractivity contribution in [1.29, 1.82) is 0 Å². The molecule has 0 unspecified atom stereocenters. The SMILES string of the molecule is COc1nc(-c2ccc(C)cn2)nc(Sc2ccc(C)cc2)c1C(F)(F)F. The van der Waals surface area contributed by atoms with Crippen molar-refractivity contribution < 1.29 is 17.9 Å². The Hall–Kier alpha value is -2.61. The van der Waals surface area contributed by atoms with Gasteiger partial charge in [-0.15, -0.1) is 0 Å². The minimum absolute atomic E-state index is 0.0782. The van der Waals surface area contributed by atoms with Crippen LogP contribution in [0.25, 0.3) is 11.5 Å². The van der Waals surface area contributed by atoms with Gasteiger partial charge in [0.1, 0.15) is 10.7 Å². The molecule has 3 aromatic rings. The van der Waals surface area contributed by atoms with Gasteiger partial charge in [-0.05, 0) is 37.6 Å². The standard InChI is InChI=1S/C19H16F3N3OS/c1-11-4-7-13(8-5-11)27-18-15(19(20,21)22)17(26-3)24-16(25-18)14-9-6-12(2)10-23-14/h4-10H,1-3H3. The van der Waals surface area contributed by atoms with Crippen LogP contribution in [0.2, 0.25) is 0 Å². The number of hydrogen-bond acceptors (Lipinski definition) is 5. The molecule has 4 nitrogen and oxygen atoms in total. The van der Waals surface area contributed by atoms with Crippen LogP contribution in [0.15, 0.2) is 52.5 Å². The number of aromatic nitrogens is 3. The predicted octanol–water partition coefficient (Wildman–Crippen LogP) is 5.33. The Bertz CT molecular complexity index is 942. The van der Waals surface area contributed by atoms with Gasteiger partial charge in [0.2, 0.25) is 5.88 Å². The van der Waals surface area contributed by atoms with Gasteiger partial charge < -0.3 is 4.74 Å². The number of methoxy groups -OCH3 is 1. The highest BCUT2D eigenvalue weighted by Crippen LogP contribution is 2.43. The van der Waals surface area contributed by atoms with E-state index in [9.17, 15) is 13.2 Å². The van der Waals surface area contributed by atoms with Crippen LogP contribution in [0.4, 0.5) is 13.2 Å². The second-order valence-corrected chi connectivity index (χ2v) is 6.93. The molecular weight excluding hydrogens is 375 g/mol. The van der Waals surface area contributed by atoms with Crippen molar-refractivity contribution in [3.63, 3.8) is 0 Å². The lowest BCUT2D eigenvalue weighted by molar-refractivity contribution is -0.141. The third-order valence-corrected chi connectivity index (χ3v) is 4.69. The first-order valence-electron chi connectivity index (χ1n) is 7.98. The summed E-state index contributed by atoms with van der Waals surface area (Å²) in [6.07, 6.45) is -3.05. The van der Waals surface area contributed by atoms with E-state index in [1.54, 1.807) is 30.5 Å². The number of pyridine rings is 1. The number of hydrogen-bond donors (Lipinski definition) is 0. The van der Waals surface area contributed by atoms with E-state index in [-0.39, 0.29) is 10.9 Å². The molecule has 140 valence electrons. The summed E-state index contributed by atoms with van der Waals surface area (Å²) in [5.74, 6) is -0.445. The summed E-state index contributed by atoms with van der Waals surface area (Å²) < 4.78 is 45.9. The van der Waals surface area contributed by atoms with Gasteiger partial charge in [0.25, 0.3) is 0 Å². The van der Waals surface area contributed by atoms with Crippen molar-refractivity contribution in [2.45, 2.75) is 29.9 Å². The molecule has 0 fully saturated rings. The van der Waals surface area contributed by atoms with Gasteiger partial charge in [0, 0.05) is 11.1 Å². The van der Waals surface area contributed by atoms with E-state index in [1.165, 1.54) is 0 Å². The molecule has 0 spiro atoms. The molecule has 2 aromatic heterocycles. The number of benzene rings is 1. The smallest absolute Gasteiger partial charge is 0.424 e. The van der Waals surface area contributed by atoms with Crippen LogP contribution in [0.3, 0.4) is 0 Å². The highest BCUT2D eigenvalue weighted by molar-refractivity contribution is 7.99. The molecule has 0 bridgehead atoms. The van der Waals surface area contributed by atoms with Crippen LogP contribution >= 0.6 is 11.8 Å². The number of aryl methyl sites for hydroxylation is 2. The Balaban J connectivity index is 2.15. The lowest BCUT2D eigenvalue weighted by Crippen LogP contribution is -2.13. The Morgan fingerprint density at radius 1 is 0.926 bits per heavy atom. The molecule has 0 N–H and O–H groups in total. The fourth-order valence-corrected chi connectivity index (χ4v) is 3.25. The molecule has 0 amide bonds. The predicted molar refractivity (Wildman–Crippen MR) is 96.9 cm³/mol. The van der Waals surface area contributed by atoms with E-state index >= 15 is 0 Å². The van der Waals surface area contributed by atoms with Crippen LogP contribution in [-0.4, -0.2) is 22.1 Å². The van der Waals surface area contributed by atoms with E-state index in [0.717, 1.165) is 30.0 Å². The van der Waals surface area contributed by atoms with Gasteiger partial charge in [-0.3, -0.25) is 4.98 Å². The second-order valence-electron chi connectivity index (χ2n) is 5.87. The van der Waals surface area contributed by atoms with Gasteiger partial charge in [0.05, 0.1) is 7.11 Å². The van der Waals surface area contributed by atoms with E-state index in [1.807, 2.05) is 26.0 Å². The molecule has 3 rings (SSSR count). The molecule has 0 aliphatic carbocycles. The summed E-state index contributed by atoms with van der Waals surface area (Å²) in [5.41, 5.74) is 1.32. The average Bonchev–Trinajstić information content (AvgIpc) is 2.62. The Kier molecular flexibility index (Phi) is 5.36. The maximum Gasteiger partial charge on any atom is 0.424 e. The number of ether oxygens (including phenoxy) is 1. The third-order valence-electron chi connectivity index (χ3n) is 3.70. The molecule has 0 radical (unpaired) electrons. The van der Waals surface area contributed by atoms with Crippen LogP contribution in [0, 0.1) is 13.8 Å². The number of nitrogens with zero attached hydrogens (tertiary/aromatic N) is 3. The summed E-state index contributed by atoms with van der Waals surface area (Å²) in [7, 11) is 1.16. The highest BCUT2D eigenvalue weighted by atomic mass is 32.2. The molecule has 8 heteroatoms. The van der Waals surface area contributed by atoms with Crippen molar-refractivity contribution >= 4 is 11.8 Å². The number of halogens is 3. The lowest BCUT2D eigenvalue weighted by Gasteiger charge is -2.16. The van der Waals surface area contributed by atoms with Gasteiger partial charge in [-0.2, -0.15) is 18.2 Å². The summed E-state index contributed by atoms with van der Waals surface area (Å²) in [4.78, 5) is 12.9. The minimum atomic E-state index is -4.66. The van der Waals surface area contributed by atoms with Crippen LogP contribution in [0.5, 0.6) is 5.88 Å². The van der Waals surface area contributed by atoms with Crippen molar-refractivity contribution in [1.82, 2.24) is 15.0 Å². The summed E-state index contributed by atoms with van der Waals surface area (Å²) in [5, 5.41) is -0.226. The van der Waals surface area contributed by atoms with Crippen LogP contribution < -0.4 is 4.74 Å². The Labute approximate surface area is 158 Å². The first-order valence-corrected chi connectivity index (χ1v) is 8.80. The Morgan fingerprint density at radius 3 is 2.15 bits per heavy atom. The van der Waals surface area contributed by atoms with Crippen LogP contribution in [0.1, 0.15) is 16.7 Å². The summed E-state index contributed by atoms with van der Waals surface area (Å²) in [6.45, 7) is 3.77. The van der Waals surface area contributed by atoms with Gasteiger partial charge in [-0.1, -0.05) is 35.5 Å². The fraction of sp³-hybridized carbons (Fsp3) is 0.211. The zero-order valence-corrected chi connectivity index (χ0v) is 15.6. The van der Waals surface area contributed by atoms with Gasteiger partial charge in [0.15, 0.2) is 11.4 Å². The van der Waals surface area contributed by atoms with E-state index in [2.05, 4.69) is 15.0 Å². The maximum absolute atomic E-state index is 13.7. The molecule has 0 aliphatic heterocycles. The van der Waals surface area contributed by atoms with Gasteiger partial charge >= 0.3 is 6.18 Å². The van der Waals surface area contributed by atoms with Crippen LogP contribution in [-0.2, 0) is 6.18 Å². The quantitative estimate of drug-likeness (QED) is 0.562. The highest BCUT2D eigenvalue weighted by Gasteiger charge is 2.40. The number of rotatable bonds is 4. The summed E-state index contributed by atoms with van der Waals surface area (Å²) in [6, 6.07) is 10.6. The molecule has 1 aromatic carbocycles. The largest absolute Gasteiger partial charge is 0.480 e. The third kappa shape index (κ3) is 4.39. The fourth-order valence-electron chi connectivity index (χ4n) is 2.32. The average molecular weight is 391 g/mol. The van der Waals surface area contributed by atoms with E-state index in [0.29, 0.717) is 10.6 Å². The zero-order chi connectivity index (χ0) is 19.6. The molecule has 0 aliphatic rings. The van der Waals surface area contributed by atoms with Crippen molar-refractivity contribution in [2.75, 3.05) is 7.11 Å². The molecular formula is C19H16F3N3OS. The molecule has 0 saturated carbocycles. The normalized spacial score (nSPS) is 11.5. The first kappa shape index (κ1) is 19.2. The van der Waals surface area contributed by atoms with E-state index in [4.69, 9.17) is 4.74 Å². The molecule has 0 atom stereocenters. The van der Waals surface area contributed by atoms with Crippen molar-refractivity contribution in [2.24, 2.45) is 0 Å². The monoisotopic (exact) mass is 391 g/mol. The lowest BCUT2D eigenvalue weighted by atomic mass is 10.2. The van der Waals surface area contributed by atoms with Gasteiger partial charge in [-0.25, -0.2) is 4.98 Å². The minimum Gasteiger partial charge on any atom is -0.480 e. The first-order chi connectivity index (χ1) is 12.8. The topological polar surface area (TPSA) is 47.9 Å². The molecule has 27 heavy (non-hydrogen) atoms. The number of alkyl halides is 3. The second kappa shape index (κ2) is 7.56. The molecule has 0 saturated heterocycles.